The second-order valence-electron chi connectivity index (χ2n) is 8.22. The molecule has 0 amide bonds. The second kappa shape index (κ2) is 14.8. The number of aryl methyl sites for hydroxylation is 1. The first kappa shape index (κ1) is 31.9. The van der Waals surface area contributed by atoms with Crippen LogP contribution in [-0.2, 0) is 31.2 Å². The predicted octanol–water partition coefficient (Wildman–Crippen LogP) is 6.61. The molecule has 1 heterocycles. The van der Waals surface area contributed by atoms with Crippen LogP contribution in [0.15, 0.2) is 65.5 Å². The highest BCUT2D eigenvalue weighted by molar-refractivity contribution is 6.31. The normalized spacial score (nSPS) is 10.3. The van der Waals surface area contributed by atoms with Crippen molar-refractivity contribution in [3.05, 3.63) is 121 Å². The van der Waals surface area contributed by atoms with Gasteiger partial charge in [0.15, 0.2) is 5.90 Å². The third-order valence-electron chi connectivity index (χ3n) is 5.39. The molecular formula is C27H26Cl3F3N4O2. The van der Waals surface area contributed by atoms with Crippen molar-refractivity contribution in [3.8, 4) is 0 Å². The van der Waals surface area contributed by atoms with Gasteiger partial charge in [-0.3, -0.25) is 9.98 Å². The molecule has 1 aromatic heterocycles. The lowest BCUT2D eigenvalue weighted by molar-refractivity contribution is 0.317. The summed E-state index contributed by atoms with van der Waals surface area (Å²) in [4.78, 5) is 12.3. The zero-order valence-electron chi connectivity index (χ0n) is 21.1. The summed E-state index contributed by atoms with van der Waals surface area (Å²) in [7, 11) is 1.55. The zero-order valence-corrected chi connectivity index (χ0v) is 23.4. The number of hydrogen-bond acceptors (Lipinski definition) is 4. The average molecular weight is 602 g/mol. The zero-order chi connectivity index (χ0) is 27.8. The molecule has 3 aromatic carbocycles. The number of aromatic nitrogens is 3. The van der Waals surface area contributed by atoms with Gasteiger partial charge in [-0.25, -0.2) is 22.6 Å². The Morgan fingerprint density at radius 1 is 0.923 bits per heavy atom. The topological polar surface area (TPSA) is 72.9 Å². The van der Waals surface area contributed by atoms with E-state index >= 15 is 0 Å². The summed E-state index contributed by atoms with van der Waals surface area (Å²) >= 11 is 11.8. The number of nitrogens with zero attached hydrogens (tertiary/aromatic N) is 3. The van der Waals surface area contributed by atoms with Gasteiger partial charge in [-0.15, -0.1) is 12.4 Å². The molecule has 0 aliphatic heterocycles. The Labute approximate surface area is 239 Å². The van der Waals surface area contributed by atoms with Crippen LogP contribution in [0.1, 0.15) is 29.4 Å². The molecule has 0 atom stereocenters. The molecule has 0 spiro atoms. The van der Waals surface area contributed by atoms with Crippen LogP contribution in [0.25, 0.3) is 0 Å². The number of halogens is 6. The van der Waals surface area contributed by atoms with Crippen molar-refractivity contribution in [2.75, 3.05) is 6.61 Å². The minimum atomic E-state index is -0.423. The number of hydrogen-bond donors (Lipinski definition) is 1. The van der Waals surface area contributed by atoms with Crippen LogP contribution in [0.3, 0.4) is 0 Å². The van der Waals surface area contributed by atoms with Gasteiger partial charge in [0.25, 0.3) is 0 Å². The van der Waals surface area contributed by atoms with Gasteiger partial charge in [0.1, 0.15) is 23.3 Å². The SMILES string of the molecule is CCOC(=N)Cc1ccc(F)cc1Cl.Cl.Cn1nc(Cc2ccc(F)cc2Cl)n(Cc2ccc(F)cc2)c1=O. The van der Waals surface area contributed by atoms with Gasteiger partial charge in [-0.05, 0) is 60.0 Å². The van der Waals surface area contributed by atoms with E-state index in [-0.39, 0.29) is 53.6 Å². The van der Waals surface area contributed by atoms with Crippen LogP contribution < -0.4 is 5.69 Å². The van der Waals surface area contributed by atoms with Gasteiger partial charge in [-0.2, -0.15) is 5.10 Å². The third-order valence-corrected chi connectivity index (χ3v) is 6.09. The number of benzene rings is 3. The van der Waals surface area contributed by atoms with Crippen LogP contribution in [0.2, 0.25) is 10.0 Å². The molecule has 0 bridgehead atoms. The summed E-state index contributed by atoms with van der Waals surface area (Å²) in [6, 6.07) is 14.1. The summed E-state index contributed by atoms with van der Waals surface area (Å²) in [6.07, 6.45) is 0.587. The fraction of sp³-hybridized carbons (Fsp3) is 0.222. The van der Waals surface area contributed by atoms with E-state index in [4.69, 9.17) is 33.3 Å². The highest BCUT2D eigenvalue weighted by atomic mass is 35.5. The van der Waals surface area contributed by atoms with Crippen LogP contribution in [0.5, 0.6) is 0 Å². The van der Waals surface area contributed by atoms with Gasteiger partial charge in [-0.1, -0.05) is 47.5 Å². The Morgan fingerprint density at radius 2 is 1.46 bits per heavy atom. The average Bonchev–Trinajstić information content (AvgIpc) is 3.12. The van der Waals surface area contributed by atoms with E-state index in [0.717, 1.165) is 5.56 Å². The number of nitrogens with one attached hydrogen (secondary N) is 1. The molecule has 0 saturated carbocycles. The van der Waals surface area contributed by atoms with Gasteiger partial charge in [0, 0.05) is 29.9 Å². The lowest BCUT2D eigenvalue weighted by Gasteiger charge is -2.07. The minimum absolute atomic E-state index is 0. The first-order chi connectivity index (χ1) is 18.1. The summed E-state index contributed by atoms with van der Waals surface area (Å²) in [5, 5.41) is 12.2. The second-order valence-corrected chi connectivity index (χ2v) is 9.03. The molecule has 0 radical (unpaired) electrons. The van der Waals surface area contributed by atoms with Gasteiger partial charge < -0.3 is 4.74 Å². The number of rotatable bonds is 7. The standard InChI is InChI=1S/C17H14ClF2N3O.C10H11ClFNO.ClH/c1-22-17(24)23(10-11-2-5-13(19)6-3-11)16(21-22)8-12-4-7-14(20)9-15(12)18;1-2-14-10(13)5-7-3-4-8(12)6-9(7)11;/h2-7,9H,8,10H2,1H3;3-4,6,13H,2,5H2,1H3;1H. The van der Waals surface area contributed by atoms with Gasteiger partial charge in [0.05, 0.1) is 13.2 Å². The van der Waals surface area contributed by atoms with E-state index in [2.05, 4.69) is 5.10 Å². The smallest absolute Gasteiger partial charge is 0.345 e. The Morgan fingerprint density at radius 3 is 2.00 bits per heavy atom. The van der Waals surface area contributed by atoms with Crippen molar-refractivity contribution >= 4 is 41.5 Å². The first-order valence-corrected chi connectivity index (χ1v) is 12.3. The lowest BCUT2D eigenvalue weighted by atomic mass is 10.1. The Balaban J connectivity index is 0.000000306. The fourth-order valence-electron chi connectivity index (χ4n) is 3.52. The van der Waals surface area contributed by atoms with E-state index in [9.17, 15) is 18.0 Å². The van der Waals surface area contributed by atoms with Crippen molar-refractivity contribution in [2.45, 2.75) is 26.3 Å². The summed E-state index contributed by atoms with van der Waals surface area (Å²) in [5.74, 6) is -0.493. The summed E-state index contributed by atoms with van der Waals surface area (Å²) < 4.78 is 46.5. The largest absolute Gasteiger partial charge is 0.481 e. The molecular weight excluding hydrogens is 576 g/mol. The molecule has 0 aliphatic rings. The van der Waals surface area contributed by atoms with E-state index in [1.807, 2.05) is 0 Å². The molecule has 208 valence electrons. The number of ether oxygens (including phenoxy) is 1. The van der Waals surface area contributed by atoms with E-state index in [1.165, 1.54) is 45.6 Å². The summed E-state index contributed by atoms with van der Waals surface area (Å²) in [6.45, 7) is 2.53. The fourth-order valence-corrected chi connectivity index (χ4v) is 3.98. The molecule has 4 aromatic rings. The molecule has 0 aliphatic carbocycles. The van der Waals surface area contributed by atoms with Gasteiger partial charge >= 0.3 is 5.69 Å². The highest BCUT2D eigenvalue weighted by Crippen LogP contribution is 2.20. The Bertz CT molecular complexity index is 1470. The molecule has 12 heteroatoms. The molecule has 39 heavy (non-hydrogen) atoms. The van der Waals surface area contributed by atoms with Crippen molar-refractivity contribution < 1.29 is 17.9 Å². The monoisotopic (exact) mass is 600 g/mol. The van der Waals surface area contributed by atoms with Crippen molar-refractivity contribution in [3.63, 3.8) is 0 Å². The lowest BCUT2D eigenvalue weighted by Crippen LogP contribution is -2.24. The van der Waals surface area contributed by atoms with Crippen LogP contribution in [-0.4, -0.2) is 26.9 Å². The molecule has 4 rings (SSSR count). The highest BCUT2D eigenvalue weighted by Gasteiger charge is 2.14. The van der Waals surface area contributed by atoms with E-state index in [1.54, 1.807) is 38.2 Å². The predicted molar refractivity (Wildman–Crippen MR) is 149 cm³/mol. The maximum Gasteiger partial charge on any atom is 0.345 e. The van der Waals surface area contributed by atoms with E-state index in [0.29, 0.717) is 35.0 Å². The van der Waals surface area contributed by atoms with Crippen molar-refractivity contribution in [1.82, 2.24) is 14.3 Å². The van der Waals surface area contributed by atoms with Gasteiger partial charge in [0.2, 0.25) is 0 Å². The van der Waals surface area contributed by atoms with Crippen molar-refractivity contribution in [1.29, 1.82) is 5.41 Å². The molecule has 0 fully saturated rings. The Hall–Kier alpha value is -3.27. The Kier molecular flexibility index (Phi) is 12.1. The van der Waals surface area contributed by atoms with Crippen LogP contribution in [0.4, 0.5) is 13.2 Å². The first-order valence-electron chi connectivity index (χ1n) is 11.5. The quantitative estimate of drug-likeness (QED) is 0.191. The maximum absolute atomic E-state index is 13.2. The molecule has 6 nitrogen and oxygen atoms in total. The molecule has 1 N–H and O–H groups in total. The third kappa shape index (κ3) is 9.16. The maximum atomic E-state index is 13.2. The van der Waals surface area contributed by atoms with Crippen molar-refractivity contribution in [2.24, 2.45) is 7.05 Å². The van der Waals surface area contributed by atoms with Crippen LogP contribution in [0, 0.1) is 22.9 Å². The van der Waals surface area contributed by atoms with Crippen LogP contribution >= 0.6 is 35.6 Å². The van der Waals surface area contributed by atoms with E-state index < -0.39 is 5.82 Å². The molecule has 0 unspecified atom stereocenters. The summed E-state index contributed by atoms with van der Waals surface area (Å²) in [5.41, 5.74) is 1.86. The molecule has 0 saturated heterocycles. The minimum Gasteiger partial charge on any atom is -0.481 e.